The second kappa shape index (κ2) is 7.43. The van der Waals surface area contributed by atoms with E-state index >= 15 is 0 Å². The molecule has 0 aliphatic rings. The van der Waals surface area contributed by atoms with Gasteiger partial charge in [0.1, 0.15) is 17.3 Å². The Balaban J connectivity index is 1.79. The minimum atomic E-state index is -0.313. The summed E-state index contributed by atoms with van der Waals surface area (Å²) >= 11 is 0. The lowest BCUT2D eigenvalue weighted by atomic mass is 10.2. The van der Waals surface area contributed by atoms with E-state index in [4.69, 9.17) is 9.47 Å². The molecular weight excluding hydrogens is 325 g/mol. The SMILES string of the molecule is COc1ccc(Nc2cnnc(Nc3ccc(F)cc3)n2)c(OC)c1. The number of aromatic nitrogens is 3. The Morgan fingerprint density at radius 2 is 1.76 bits per heavy atom. The number of nitrogens with one attached hydrogen (secondary N) is 2. The number of hydrogen-bond donors (Lipinski definition) is 2. The highest BCUT2D eigenvalue weighted by Gasteiger charge is 2.08. The van der Waals surface area contributed by atoms with Crippen molar-refractivity contribution in [3.8, 4) is 11.5 Å². The van der Waals surface area contributed by atoms with Gasteiger partial charge in [-0.1, -0.05) is 0 Å². The normalized spacial score (nSPS) is 10.2. The molecule has 0 saturated heterocycles. The number of ether oxygens (including phenoxy) is 2. The van der Waals surface area contributed by atoms with Crippen LogP contribution in [0.5, 0.6) is 11.5 Å². The van der Waals surface area contributed by atoms with Crippen molar-refractivity contribution < 1.29 is 13.9 Å². The van der Waals surface area contributed by atoms with E-state index < -0.39 is 0 Å². The molecule has 0 amide bonds. The maximum Gasteiger partial charge on any atom is 0.249 e. The summed E-state index contributed by atoms with van der Waals surface area (Å²) in [5, 5.41) is 13.9. The molecule has 3 rings (SSSR count). The van der Waals surface area contributed by atoms with E-state index in [1.807, 2.05) is 6.07 Å². The van der Waals surface area contributed by atoms with Crippen LogP contribution in [0, 0.1) is 5.82 Å². The first-order valence-corrected chi connectivity index (χ1v) is 7.39. The fraction of sp³-hybridized carbons (Fsp3) is 0.118. The Bertz CT molecular complexity index is 858. The standard InChI is InChI=1S/C17H16FN5O2/c1-24-13-7-8-14(15(9-13)25-2)21-16-10-19-23-17(22-16)20-12-5-3-11(18)4-6-12/h3-10H,1-2H3,(H2,20,21,22,23). The maximum absolute atomic E-state index is 13.0. The number of methoxy groups -OCH3 is 2. The number of anilines is 4. The van der Waals surface area contributed by atoms with Gasteiger partial charge >= 0.3 is 0 Å². The predicted octanol–water partition coefficient (Wildman–Crippen LogP) is 3.52. The van der Waals surface area contributed by atoms with Gasteiger partial charge in [0.2, 0.25) is 5.95 Å². The molecule has 0 fully saturated rings. The third-order valence-electron chi connectivity index (χ3n) is 3.33. The van der Waals surface area contributed by atoms with Gasteiger partial charge in [0.15, 0.2) is 5.82 Å². The van der Waals surface area contributed by atoms with Crippen molar-refractivity contribution in [2.75, 3.05) is 24.9 Å². The summed E-state index contributed by atoms with van der Waals surface area (Å²) < 4.78 is 23.5. The molecule has 1 heterocycles. The highest BCUT2D eigenvalue weighted by atomic mass is 19.1. The van der Waals surface area contributed by atoms with Gasteiger partial charge in [-0.25, -0.2) is 4.39 Å². The van der Waals surface area contributed by atoms with Crippen LogP contribution >= 0.6 is 0 Å². The van der Waals surface area contributed by atoms with Crippen LogP contribution in [0.3, 0.4) is 0 Å². The van der Waals surface area contributed by atoms with Gasteiger partial charge in [0.25, 0.3) is 0 Å². The molecular formula is C17H16FN5O2. The third-order valence-corrected chi connectivity index (χ3v) is 3.33. The first kappa shape index (κ1) is 16.4. The van der Waals surface area contributed by atoms with Crippen LogP contribution in [0.4, 0.5) is 27.5 Å². The van der Waals surface area contributed by atoms with Crippen LogP contribution in [0.25, 0.3) is 0 Å². The number of benzene rings is 2. The molecule has 0 unspecified atom stereocenters. The lowest BCUT2D eigenvalue weighted by Crippen LogP contribution is -2.03. The van der Waals surface area contributed by atoms with E-state index in [-0.39, 0.29) is 11.8 Å². The van der Waals surface area contributed by atoms with Crippen LogP contribution < -0.4 is 20.1 Å². The van der Waals surface area contributed by atoms with Crippen molar-refractivity contribution in [1.82, 2.24) is 15.2 Å². The van der Waals surface area contributed by atoms with Crippen LogP contribution in [-0.2, 0) is 0 Å². The molecule has 0 atom stereocenters. The molecule has 0 bridgehead atoms. The van der Waals surface area contributed by atoms with Gasteiger partial charge in [-0.05, 0) is 36.4 Å². The van der Waals surface area contributed by atoms with Crippen molar-refractivity contribution in [1.29, 1.82) is 0 Å². The van der Waals surface area contributed by atoms with Gasteiger partial charge in [0, 0.05) is 11.8 Å². The molecule has 8 heteroatoms. The summed E-state index contributed by atoms with van der Waals surface area (Å²) in [6.07, 6.45) is 1.49. The zero-order valence-corrected chi connectivity index (χ0v) is 13.7. The molecule has 1 aromatic heterocycles. The van der Waals surface area contributed by atoms with Gasteiger partial charge in [0.05, 0.1) is 26.1 Å². The quantitative estimate of drug-likeness (QED) is 0.710. The molecule has 0 radical (unpaired) electrons. The van der Waals surface area contributed by atoms with Crippen LogP contribution in [0.1, 0.15) is 0 Å². The fourth-order valence-electron chi connectivity index (χ4n) is 2.12. The molecule has 128 valence electrons. The van der Waals surface area contributed by atoms with Gasteiger partial charge in [-0.2, -0.15) is 10.1 Å². The molecule has 0 spiro atoms. The smallest absolute Gasteiger partial charge is 0.249 e. The largest absolute Gasteiger partial charge is 0.497 e. The summed E-state index contributed by atoms with van der Waals surface area (Å²) in [5.41, 5.74) is 1.36. The molecule has 0 saturated carbocycles. The minimum absolute atomic E-state index is 0.282. The zero-order valence-electron chi connectivity index (χ0n) is 13.7. The highest BCUT2D eigenvalue weighted by molar-refractivity contribution is 5.66. The molecule has 2 aromatic carbocycles. The maximum atomic E-state index is 13.0. The van der Waals surface area contributed by atoms with E-state index in [0.29, 0.717) is 28.7 Å². The summed E-state index contributed by atoms with van der Waals surface area (Å²) in [6.45, 7) is 0. The van der Waals surface area contributed by atoms with Crippen molar-refractivity contribution in [2.24, 2.45) is 0 Å². The highest BCUT2D eigenvalue weighted by Crippen LogP contribution is 2.31. The first-order valence-electron chi connectivity index (χ1n) is 7.39. The first-order chi connectivity index (χ1) is 12.2. The lowest BCUT2D eigenvalue weighted by molar-refractivity contribution is 0.395. The molecule has 2 N–H and O–H groups in total. The van der Waals surface area contributed by atoms with Crippen molar-refractivity contribution in [3.05, 3.63) is 54.5 Å². The van der Waals surface area contributed by atoms with Gasteiger partial charge in [-0.15, -0.1) is 5.10 Å². The Kier molecular flexibility index (Phi) is 4.89. The molecule has 0 aliphatic carbocycles. The Morgan fingerprint density at radius 3 is 2.48 bits per heavy atom. The second-order valence-electron chi connectivity index (χ2n) is 4.99. The van der Waals surface area contributed by atoms with Crippen molar-refractivity contribution in [2.45, 2.75) is 0 Å². The Hall–Kier alpha value is -3.42. The number of hydrogen-bond acceptors (Lipinski definition) is 7. The van der Waals surface area contributed by atoms with Crippen molar-refractivity contribution in [3.63, 3.8) is 0 Å². The van der Waals surface area contributed by atoms with Crippen LogP contribution in [0.15, 0.2) is 48.7 Å². The number of halogens is 1. The Morgan fingerprint density at radius 1 is 0.960 bits per heavy atom. The monoisotopic (exact) mass is 341 g/mol. The van der Waals surface area contributed by atoms with Crippen LogP contribution in [0.2, 0.25) is 0 Å². The number of rotatable bonds is 6. The summed E-state index contributed by atoms with van der Waals surface area (Å²) in [5.74, 6) is 1.73. The number of nitrogens with zero attached hydrogens (tertiary/aromatic N) is 3. The van der Waals surface area contributed by atoms with E-state index in [1.54, 1.807) is 38.5 Å². The Labute approximate surface area is 143 Å². The summed E-state index contributed by atoms with van der Waals surface area (Å²) in [7, 11) is 3.16. The van der Waals surface area contributed by atoms with E-state index in [9.17, 15) is 4.39 Å². The minimum Gasteiger partial charge on any atom is -0.497 e. The predicted molar refractivity (Wildman–Crippen MR) is 92.3 cm³/mol. The third kappa shape index (κ3) is 4.11. The average molecular weight is 341 g/mol. The zero-order chi connectivity index (χ0) is 17.6. The van der Waals surface area contributed by atoms with E-state index in [2.05, 4.69) is 25.8 Å². The van der Waals surface area contributed by atoms with Crippen LogP contribution in [-0.4, -0.2) is 29.4 Å². The van der Waals surface area contributed by atoms with Gasteiger partial charge in [-0.3, -0.25) is 0 Å². The molecule has 25 heavy (non-hydrogen) atoms. The fourth-order valence-corrected chi connectivity index (χ4v) is 2.12. The average Bonchev–Trinajstić information content (AvgIpc) is 2.64. The molecule has 0 aliphatic heterocycles. The molecule has 7 nitrogen and oxygen atoms in total. The van der Waals surface area contributed by atoms with E-state index in [0.717, 1.165) is 0 Å². The van der Waals surface area contributed by atoms with E-state index in [1.165, 1.54) is 18.3 Å². The summed E-state index contributed by atoms with van der Waals surface area (Å²) in [4.78, 5) is 4.33. The lowest BCUT2D eigenvalue weighted by Gasteiger charge is -2.12. The second-order valence-corrected chi connectivity index (χ2v) is 4.99. The summed E-state index contributed by atoms with van der Waals surface area (Å²) in [6, 6.07) is 11.2. The molecule has 3 aromatic rings. The topological polar surface area (TPSA) is 81.2 Å². The van der Waals surface area contributed by atoms with Gasteiger partial charge < -0.3 is 20.1 Å². The van der Waals surface area contributed by atoms with Crippen molar-refractivity contribution >= 4 is 23.1 Å².